The molecule has 1 aromatic heterocycles. The molecular formula is C37H33Cl2F3N4O5. The molecule has 7 rings (SSSR count). The van der Waals surface area contributed by atoms with Gasteiger partial charge in [-0.25, -0.2) is 4.98 Å². The molecule has 2 aliphatic heterocycles. The van der Waals surface area contributed by atoms with Crippen molar-refractivity contribution in [2.75, 3.05) is 5.43 Å². The molecule has 0 bridgehead atoms. The lowest BCUT2D eigenvalue weighted by Gasteiger charge is -2.50. The minimum Gasteiger partial charge on any atom is -0.507 e. The molecule has 266 valence electrons. The summed E-state index contributed by atoms with van der Waals surface area (Å²) in [5, 5.41) is 12.3. The number of para-hydroxylation sites is 1. The van der Waals surface area contributed by atoms with Gasteiger partial charge in [0.05, 0.1) is 33.8 Å². The van der Waals surface area contributed by atoms with Crippen molar-refractivity contribution < 1.29 is 37.5 Å². The van der Waals surface area contributed by atoms with Crippen molar-refractivity contribution in [3.05, 3.63) is 98.7 Å². The number of rotatable bonds is 4. The number of hydrogen-bond donors (Lipinski definition) is 2. The highest BCUT2D eigenvalue weighted by atomic mass is 35.5. The molecule has 14 heteroatoms. The molecule has 0 spiro atoms. The monoisotopic (exact) mass is 740 g/mol. The number of aryl methyl sites for hydroxylation is 1. The third-order valence-electron chi connectivity index (χ3n) is 10.8. The number of hydrazine groups is 1. The van der Waals surface area contributed by atoms with Crippen LogP contribution in [0.2, 0.25) is 10.0 Å². The molecular weight excluding hydrogens is 708 g/mol. The van der Waals surface area contributed by atoms with Gasteiger partial charge in [0, 0.05) is 28.2 Å². The maximum Gasteiger partial charge on any atom is 0.417 e. The number of nitrogens with zero attached hydrogens (tertiary/aromatic N) is 3. The van der Waals surface area contributed by atoms with Crippen molar-refractivity contribution in [1.82, 2.24) is 14.9 Å². The summed E-state index contributed by atoms with van der Waals surface area (Å²) >= 11 is 12.5. The first-order valence-corrected chi connectivity index (χ1v) is 17.1. The van der Waals surface area contributed by atoms with Crippen LogP contribution in [-0.4, -0.2) is 49.2 Å². The van der Waals surface area contributed by atoms with Crippen LogP contribution in [0.3, 0.4) is 0 Å². The van der Waals surface area contributed by atoms with Crippen molar-refractivity contribution in [2.24, 2.45) is 23.7 Å². The normalized spacial score (nSPS) is 27.7. The number of carbonyl (C=O) groups is 4. The van der Waals surface area contributed by atoms with Crippen molar-refractivity contribution >= 4 is 52.6 Å². The van der Waals surface area contributed by atoms with E-state index in [1.165, 1.54) is 4.90 Å². The van der Waals surface area contributed by atoms with E-state index in [1.54, 1.807) is 70.2 Å². The standard InChI is InChI=1S/C37H33Cl2F3N4O5/c1-17-6-5-7-23(29(17)47)28-21-12-13-22-27(33(50)45(31(22)48)35(2,3)4)24(21)15-25-32(49)46(34(51)36(25,28)18-8-10-20(38)11-9-18)44-30-26(39)14-19(16-43-30)37(40,41)42/h5-12,14,16,22,24-25,27-28,47H,13,15H2,1-4H3,(H,43,44). The second kappa shape index (κ2) is 11.8. The number of amides is 4. The maximum atomic E-state index is 15.2. The predicted octanol–water partition coefficient (Wildman–Crippen LogP) is 7.20. The zero-order valence-corrected chi connectivity index (χ0v) is 29.4. The maximum absolute atomic E-state index is 15.2. The molecule has 1 saturated carbocycles. The number of aromatic nitrogens is 1. The van der Waals surface area contributed by atoms with Crippen LogP contribution in [0.1, 0.15) is 61.8 Å². The van der Waals surface area contributed by atoms with Crippen molar-refractivity contribution in [2.45, 2.75) is 63.6 Å². The fraction of sp³-hybridized carbons (Fsp3) is 0.378. The Morgan fingerprint density at radius 1 is 0.961 bits per heavy atom. The summed E-state index contributed by atoms with van der Waals surface area (Å²) < 4.78 is 40.3. The van der Waals surface area contributed by atoms with Crippen LogP contribution < -0.4 is 5.43 Å². The Balaban J connectivity index is 1.45. The summed E-state index contributed by atoms with van der Waals surface area (Å²) in [6, 6.07) is 12.1. The highest BCUT2D eigenvalue weighted by Crippen LogP contribution is 2.65. The van der Waals surface area contributed by atoms with Gasteiger partial charge in [-0.1, -0.05) is 65.2 Å². The van der Waals surface area contributed by atoms with Crippen LogP contribution in [0, 0.1) is 30.6 Å². The van der Waals surface area contributed by atoms with Gasteiger partial charge in [0.25, 0.3) is 11.8 Å². The van der Waals surface area contributed by atoms with E-state index in [4.69, 9.17) is 23.2 Å². The van der Waals surface area contributed by atoms with Gasteiger partial charge in [0.2, 0.25) is 11.8 Å². The molecule has 6 unspecified atom stereocenters. The van der Waals surface area contributed by atoms with Crippen LogP contribution >= 0.6 is 23.2 Å². The Labute approximate surface area is 301 Å². The predicted molar refractivity (Wildman–Crippen MR) is 181 cm³/mol. The van der Waals surface area contributed by atoms with E-state index in [9.17, 15) is 32.7 Å². The van der Waals surface area contributed by atoms with Gasteiger partial charge >= 0.3 is 6.18 Å². The van der Waals surface area contributed by atoms with Gasteiger partial charge in [0.15, 0.2) is 5.82 Å². The average Bonchev–Trinajstić information content (AvgIpc) is 3.44. The SMILES string of the molecule is Cc1cccc(C2C3=CCC4C(=O)N(C(C)(C)C)C(=O)C4C3CC3C(=O)N(Nc4ncc(C(F)(F)F)cc4Cl)C(=O)C32c2ccc(Cl)cc2)c1O. The Morgan fingerprint density at radius 3 is 2.27 bits per heavy atom. The van der Waals surface area contributed by atoms with E-state index in [-0.39, 0.29) is 36.2 Å². The Kier molecular flexibility index (Phi) is 8.11. The number of phenolic OH excluding ortho intramolecular Hbond substituents is 1. The van der Waals surface area contributed by atoms with Crippen molar-refractivity contribution in [3.63, 3.8) is 0 Å². The molecule has 2 N–H and O–H groups in total. The molecule has 4 amide bonds. The number of nitrogens with one attached hydrogen (secondary N) is 1. The fourth-order valence-corrected chi connectivity index (χ4v) is 9.04. The second-order valence-electron chi connectivity index (χ2n) is 14.6. The molecule has 0 radical (unpaired) electrons. The first-order valence-electron chi connectivity index (χ1n) is 16.4. The Hall–Kier alpha value is -4.42. The lowest BCUT2D eigenvalue weighted by molar-refractivity contribution is -0.146. The number of benzene rings is 2. The van der Waals surface area contributed by atoms with E-state index < -0.39 is 69.1 Å². The van der Waals surface area contributed by atoms with Gasteiger partial charge < -0.3 is 5.11 Å². The molecule has 2 aliphatic carbocycles. The Morgan fingerprint density at radius 2 is 1.65 bits per heavy atom. The van der Waals surface area contributed by atoms with Gasteiger partial charge in [-0.2, -0.15) is 18.2 Å². The molecule has 4 aliphatic rings. The average molecular weight is 742 g/mol. The molecule has 51 heavy (non-hydrogen) atoms. The summed E-state index contributed by atoms with van der Waals surface area (Å²) in [5.74, 6) is -7.04. The van der Waals surface area contributed by atoms with E-state index in [1.807, 2.05) is 6.08 Å². The van der Waals surface area contributed by atoms with E-state index in [2.05, 4.69) is 10.4 Å². The van der Waals surface area contributed by atoms with Crippen LogP contribution in [0.25, 0.3) is 0 Å². The van der Waals surface area contributed by atoms with Gasteiger partial charge in [-0.3, -0.25) is 29.5 Å². The first kappa shape index (κ1) is 35.0. The highest BCUT2D eigenvalue weighted by molar-refractivity contribution is 6.33. The van der Waals surface area contributed by atoms with Crippen LogP contribution in [-0.2, 0) is 30.8 Å². The zero-order chi connectivity index (χ0) is 36.9. The Bertz CT molecular complexity index is 2050. The van der Waals surface area contributed by atoms with Crippen molar-refractivity contribution in [3.8, 4) is 5.75 Å². The minimum absolute atomic E-state index is 0.0212. The van der Waals surface area contributed by atoms with Gasteiger partial charge in [-0.15, -0.1) is 0 Å². The lowest BCUT2D eigenvalue weighted by atomic mass is 9.49. The molecule has 3 aromatic rings. The number of phenols is 1. The van der Waals surface area contributed by atoms with Crippen molar-refractivity contribution in [1.29, 1.82) is 0 Å². The second-order valence-corrected chi connectivity index (χ2v) is 15.5. The molecule has 2 aromatic carbocycles. The fourth-order valence-electron chi connectivity index (χ4n) is 8.70. The zero-order valence-electron chi connectivity index (χ0n) is 27.9. The van der Waals surface area contributed by atoms with Gasteiger partial charge in [0.1, 0.15) is 5.75 Å². The summed E-state index contributed by atoms with van der Waals surface area (Å²) in [7, 11) is 0. The van der Waals surface area contributed by atoms with Crippen LogP contribution in [0.15, 0.2) is 66.4 Å². The number of carbonyl (C=O) groups excluding carboxylic acids is 4. The number of allylic oxidation sites excluding steroid dienone is 2. The number of hydrogen-bond acceptors (Lipinski definition) is 7. The molecule has 3 heterocycles. The van der Waals surface area contributed by atoms with E-state index in [0.29, 0.717) is 39.5 Å². The topological polar surface area (TPSA) is 120 Å². The molecule has 9 nitrogen and oxygen atoms in total. The number of alkyl halides is 3. The van der Waals surface area contributed by atoms with Crippen LogP contribution in [0.5, 0.6) is 5.75 Å². The largest absolute Gasteiger partial charge is 0.507 e. The smallest absolute Gasteiger partial charge is 0.417 e. The quantitative estimate of drug-likeness (QED) is 0.214. The molecule has 2 saturated heterocycles. The summed E-state index contributed by atoms with van der Waals surface area (Å²) in [5.41, 5.74) is 0.792. The third kappa shape index (κ3) is 5.16. The number of anilines is 1. The third-order valence-corrected chi connectivity index (χ3v) is 11.3. The number of fused-ring (bicyclic) bond motifs is 4. The molecule has 6 atom stereocenters. The van der Waals surface area contributed by atoms with E-state index in [0.717, 1.165) is 5.01 Å². The number of pyridine rings is 1. The lowest BCUT2D eigenvalue weighted by Crippen LogP contribution is -2.53. The molecule has 3 fully saturated rings. The number of likely N-dealkylation sites (tertiary alicyclic amines) is 1. The summed E-state index contributed by atoms with van der Waals surface area (Å²) in [4.78, 5) is 63.0. The minimum atomic E-state index is -4.74. The summed E-state index contributed by atoms with van der Waals surface area (Å²) in [6.07, 6.45) is -2.15. The van der Waals surface area contributed by atoms with Gasteiger partial charge in [-0.05, 0) is 75.8 Å². The number of halogens is 5. The highest BCUT2D eigenvalue weighted by Gasteiger charge is 2.71. The number of aromatic hydroxyl groups is 1. The first-order chi connectivity index (χ1) is 23.9. The summed E-state index contributed by atoms with van der Waals surface area (Å²) in [6.45, 7) is 7.03. The van der Waals surface area contributed by atoms with E-state index >= 15 is 4.79 Å². The van der Waals surface area contributed by atoms with Crippen LogP contribution in [0.4, 0.5) is 19.0 Å². The number of imide groups is 2.